The molecule has 0 atom stereocenters. The molecule has 2 aromatic carbocycles. The van der Waals surface area contributed by atoms with Crippen molar-refractivity contribution in [3.8, 4) is 5.69 Å². The number of fused-ring (bicyclic) bond motifs is 1. The van der Waals surface area contributed by atoms with Crippen LogP contribution in [0.25, 0.3) is 16.6 Å². The van der Waals surface area contributed by atoms with Gasteiger partial charge in [-0.2, -0.15) is 5.10 Å². The number of rotatable bonds is 1. The minimum absolute atomic E-state index is 0.439. The Hall–Kier alpha value is -1.71. The third-order valence-electron chi connectivity index (χ3n) is 2.78. The van der Waals surface area contributed by atoms with E-state index >= 15 is 0 Å². The van der Waals surface area contributed by atoms with Crippen molar-refractivity contribution in [2.24, 2.45) is 0 Å². The fourth-order valence-electron chi connectivity index (χ4n) is 1.90. The first-order chi connectivity index (χ1) is 8.66. The number of para-hydroxylation sites is 1. The Morgan fingerprint density at radius 3 is 2.61 bits per heavy atom. The normalized spacial score (nSPS) is 11.0. The van der Waals surface area contributed by atoms with Crippen molar-refractivity contribution in [1.82, 2.24) is 9.78 Å². The van der Waals surface area contributed by atoms with Gasteiger partial charge in [0.1, 0.15) is 0 Å². The standard InChI is InChI=1S/C13H9Cl2N3/c14-9-5-11(16)13(6-10(9)15)18-12-4-2-1-3-8(12)7-17-18/h1-7H,16H2. The molecule has 90 valence electrons. The molecule has 1 heterocycles. The molecule has 3 nitrogen and oxygen atoms in total. The van der Waals surface area contributed by atoms with Crippen molar-refractivity contribution in [2.75, 3.05) is 5.73 Å². The zero-order valence-electron chi connectivity index (χ0n) is 9.27. The van der Waals surface area contributed by atoms with Crippen LogP contribution in [0.4, 0.5) is 5.69 Å². The maximum atomic E-state index is 6.03. The first-order valence-electron chi connectivity index (χ1n) is 5.34. The van der Waals surface area contributed by atoms with Gasteiger partial charge in [0, 0.05) is 5.39 Å². The molecule has 18 heavy (non-hydrogen) atoms. The smallest absolute Gasteiger partial charge is 0.0898 e. The van der Waals surface area contributed by atoms with Crippen LogP contribution in [-0.4, -0.2) is 9.78 Å². The van der Waals surface area contributed by atoms with E-state index in [1.54, 1.807) is 23.0 Å². The topological polar surface area (TPSA) is 43.8 Å². The number of aromatic nitrogens is 2. The van der Waals surface area contributed by atoms with E-state index in [0.717, 1.165) is 16.6 Å². The SMILES string of the molecule is Nc1cc(Cl)c(Cl)cc1-n1ncc2ccccc21. The highest BCUT2D eigenvalue weighted by molar-refractivity contribution is 6.42. The average molecular weight is 278 g/mol. The number of nitrogen functional groups attached to an aromatic ring is 1. The molecule has 3 aromatic rings. The predicted octanol–water partition coefficient (Wildman–Crippen LogP) is 3.91. The maximum Gasteiger partial charge on any atom is 0.0898 e. The van der Waals surface area contributed by atoms with E-state index in [2.05, 4.69) is 5.10 Å². The molecule has 3 rings (SSSR count). The van der Waals surface area contributed by atoms with E-state index in [4.69, 9.17) is 28.9 Å². The van der Waals surface area contributed by atoms with E-state index in [9.17, 15) is 0 Å². The molecule has 0 aliphatic carbocycles. The van der Waals surface area contributed by atoms with Crippen LogP contribution in [0.5, 0.6) is 0 Å². The van der Waals surface area contributed by atoms with Crippen LogP contribution >= 0.6 is 23.2 Å². The highest BCUT2D eigenvalue weighted by Crippen LogP contribution is 2.31. The van der Waals surface area contributed by atoms with Gasteiger partial charge in [0.2, 0.25) is 0 Å². The molecule has 0 spiro atoms. The molecular formula is C13H9Cl2N3. The fourth-order valence-corrected chi connectivity index (χ4v) is 2.23. The van der Waals surface area contributed by atoms with Gasteiger partial charge in [-0.05, 0) is 18.2 Å². The molecule has 0 aliphatic rings. The van der Waals surface area contributed by atoms with Crippen LogP contribution in [-0.2, 0) is 0 Å². The number of nitrogens with zero attached hydrogens (tertiary/aromatic N) is 2. The lowest BCUT2D eigenvalue weighted by Crippen LogP contribution is -2.01. The van der Waals surface area contributed by atoms with Gasteiger partial charge in [0.25, 0.3) is 0 Å². The summed E-state index contributed by atoms with van der Waals surface area (Å²) in [5, 5.41) is 6.27. The second-order valence-electron chi connectivity index (χ2n) is 3.94. The minimum Gasteiger partial charge on any atom is -0.397 e. The minimum atomic E-state index is 0.439. The Morgan fingerprint density at radius 1 is 1.06 bits per heavy atom. The predicted molar refractivity (Wildman–Crippen MR) is 75.5 cm³/mol. The summed E-state index contributed by atoms with van der Waals surface area (Å²) in [6.07, 6.45) is 1.79. The summed E-state index contributed by atoms with van der Waals surface area (Å²) < 4.78 is 1.76. The number of nitrogens with two attached hydrogens (primary N) is 1. The monoisotopic (exact) mass is 277 g/mol. The van der Waals surface area contributed by atoms with Crippen LogP contribution in [0.2, 0.25) is 10.0 Å². The van der Waals surface area contributed by atoms with E-state index in [0.29, 0.717) is 15.7 Å². The Balaban J connectivity index is 2.29. The fraction of sp³-hybridized carbons (Fsp3) is 0. The number of halogens is 2. The largest absolute Gasteiger partial charge is 0.397 e. The van der Waals surface area contributed by atoms with E-state index in [-0.39, 0.29) is 0 Å². The number of benzene rings is 2. The lowest BCUT2D eigenvalue weighted by Gasteiger charge is -2.08. The Bertz CT molecular complexity index is 734. The maximum absolute atomic E-state index is 6.03. The summed E-state index contributed by atoms with van der Waals surface area (Å²) >= 11 is 11.9. The third-order valence-corrected chi connectivity index (χ3v) is 3.50. The van der Waals surface area contributed by atoms with Crippen molar-refractivity contribution in [1.29, 1.82) is 0 Å². The molecule has 1 aromatic heterocycles. The van der Waals surface area contributed by atoms with Gasteiger partial charge in [-0.15, -0.1) is 0 Å². The molecule has 0 radical (unpaired) electrons. The quantitative estimate of drug-likeness (QED) is 0.686. The van der Waals surface area contributed by atoms with Crippen molar-refractivity contribution in [3.05, 3.63) is 52.6 Å². The van der Waals surface area contributed by atoms with E-state index < -0.39 is 0 Å². The molecular weight excluding hydrogens is 269 g/mol. The first kappa shape index (κ1) is 11.4. The number of hydrogen-bond acceptors (Lipinski definition) is 2. The first-order valence-corrected chi connectivity index (χ1v) is 6.10. The van der Waals surface area contributed by atoms with Gasteiger partial charge in [-0.25, -0.2) is 4.68 Å². The van der Waals surface area contributed by atoms with Gasteiger partial charge in [0.15, 0.2) is 0 Å². The summed E-state index contributed by atoms with van der Waals surface area (Å²) in [5.74, 6) is 0. The summed E-state index contributed by atoms with van der Waals surface area (Å²) in [6, 6.07) is 11.2. The lowest BCUT2D eigenvalue weighted by atomic mass is 10.2. The van der Waals surface area contributed by atoms with Gasteiger partial charge in [-0.3, -0.25) is 0 Å². The molecule has 2 N–H and O–H groups in total. The van der Waals surface area contributed by atoms with E-state index in [1.807, 2.05) is 24.3 Å². The average Bonchev–Trinajstić information content (AvgIpc) is 2.78. The molecule has 5 heteroatoms. The summed E-state index contributed by atoms with van der Waals surface area (Å²) in [4.78, 5) is 0. The second-order valence-corrected chi connectivity index (χ2v) is 4.75. The summed E-state index contributed by atoms with van der Waals surface area (Å²) in [5.41, 5.74) is 8.21. The third kappa shape index (κ3) is 1.72. The van der Waals surface area contributed by atoms with Crippen LogP contribution in [0.15, 0.2) is 42.6 Å². The number of hydrogen-bond donors (Lipinski definition) is 1. The van der Waals surface area contributed by atoms with Crippen molar-refractivity contribution in [3.63, 3.8) is 0 Å². The van der Waals surface area contributed by atoms with Crippen molar-refractivity contribution < 1.29 is 0 Å². The van der Waals surface area contributed by atoms with Crippen LogP contribution < -0.4 is 5.73 Å². The van der Waals surface area contributed by atoms with Crippen molar-refractivity contribution in [2.45, 2.75) is 0 Å². The Labute approximate surface area is 114 Å². The van der Waals surface area contributed by atoms with Gasteiger partial charge >= 0.3 is 0 Å². The summed E-state index contributed by atoms with van der Waals surface area (Å²) in [6.45, 7) is 0. The summed E-state index contributed by atoms with van der Waals surface area (Å²) in [7, 11) is 0. The zero-order valence-corrected chi connectivity index (χ0v) is 10.8. The van der Waals surface area contributed by atoms with E-state index in [1.165, 1.54) is 0 Å². The van der Waals surface area contributed by atoms with Gasteiger partial charge < -0.3 is 5.73 Å². The molecule has 0 unspecified atom stereocenters. The van der Waals surface area contributed by atoms with Crippen LogP contribution in [0, 0.1) is 0 Å². The zero-order chi connectivity index (χ0) is 12.7. The van der Waals surface area contributed by atoms with Crippen LogP contribution in [0.3, 0.4) is 0 Å². The molecule has 0 amide bonds. The highest BCUT2D eigenvalue weighted by atomic mass is 35.5. The second kappa shape index (κ2) is 4.19. The Kier molecular flexibility index (Phi) is 2.65. The number of anilines is 1. The molecule has 0 saturated heterocycles. The van der Waals surface area contributed by atoms with Crippen molar-refractivity contribution >= 4 is 39.8 Å². The van der Waals surface area contributed by atoms with Gasteiger partial charge in [-0.1, -0.05) is 41.4 Å². The van der Waals surface area contributed by atoms with Gasteiger partial charge in [0.05, 0.1) is 33.1 Å². The molecule has 0 saturated carbocycles. The molecule has 0 bridgehead atoms. The van der Waals surface area contributed by atoms with Crippen LogP contribution in [0.1, 0.15) is 0 Å². The molecule has 0 fully saturated rings. The lowest BCUT2D eigenvalue weighted by molar-refractivity contribution is 0.913. The molecule has 0 aliphatic heterocycles. The Morgan fingerprint density at radius 2 is 1.78 bits per heavy atom. The highest BCUT2D eigenvalue weighted by Gasteiger charge is 2.10.